The lowest BCUT2D eigenvalue weighted by Crippen LogP contribution is -2.47. The highest BCUT2D eigenvalue weighted by Crippen LogP contribution is 2.29. The summed E-state index contributed by atoms with van der Waals surface area (Å²) in [4.78, 5) is 15.1. The van der Waals surface area contributed by atoms with E-state index in [9.17, 15) is 4.79 Å². The number of rotatable bonds is 3. The summed E-state index contributed by atoms with van der Waals surface area (Å²) in [5, 5.41) is 2.06. The molecule has 0 radical (unpaired) electrons. The summed E-state index contributed by atoms with van der Waals surface area (Å²) in [6.07, 6.45) is 1.44. The molecule has 1 fully saturated rings. The number of likely N-dealkylation sites (tertiary alicyclic amines) is 1. The summed E-state index contributed by atoms with van der Waals surface area (Å²) in [5.74, 6) is 0. The summed E-state index contributed by atoms with van der Waals surface area (Å²) >= 11 is 5.15. The smallest absolute Gasteiger partial charge is 0.410 e. The van der Waals surface area contributed by atoms with Crippen molar-refractivity contribution in [3.8, 4) is 0 Å². The van der Waals surface area contributed by atoms with Crippen molar-refractivity contribution in [2.75, 3.05) is 13.1 Å². The van der Waals surface area contributed by atoms with Gasteiger partial charge in [-0.05, 0) is 62.5 Å². The molecule has 0 saturated carbocycles. The van der Waals surface area contributed by atoms with Gasteiger partial charge in [0.2, 0.25) is 0 Å². The summed E-state index contributed by atoms with van der Waals surface area (Å²) in [7, 11) is 0. The molecule has 4 nitrogen and oxygen atoms in total. The van der Waals surface area contributed by atoms with Gasteiger partial charge in [-0.25, -0.2) is 4.79 Å². The topological polar surface area (TPSA) is 38.8 Å². The maximum atomic E-state index is 12.1. The molecule has 1 aromatic rings. The summed E-state index contributed by atoms with van der Waals surface area (Å²) in [5.41, 5.74) is -0.615. The minimum Gasteiger partial charge on any atom is -0.444 e. The Balaban J connectivity index is 1.81. The molecule has 0 unspecified atom stereocenters. The first kappa shape index (κ1) is 17.8. The minimum absolute atomic E-state index is 0.172. The molecule has 1 saturated heterocycles. The number of amides is 1. The van der Waals surface area contributed by atoms with Crippen LogP contribution in [-0.4, -0.2) is 35.3 Å². The van der Waals surface area contributed by atoms with Crippen molar-refractivity contribution in [1.29, 1.82) is 0 Å². The van der Waals surface area contributed by atoms with Gasteiger partial charge in [-0.2, -0.15) is 0 Å². The van der Waals surface area contributed by atoms with E-state index in [1.165, 1.54) is 4.88 Å². The van der Waals surface area contributed by atoms with Gasteiger partial charge < -0.3 is 14.4 Å². The van der Waals surface area contributed by atoms with Gasteiger partial charge in [0, 0.05) is 27.8 Å². The van der Waals surface area contributed by atoms with Gasteiger partial charge in [-0.15, -0.1) is 11.3 Å². The van der Waals surface area contributed by atoms with E-state index in [2.05, 4.69) is 34.3 Å². The monoisotopic (exact) mass is 389 g/mol. The molecular weight excluding hydrogens is 366 g/mol. The quantitative estimate of drug-likeness (QED) is 0.743. The fourth-order valence-corrected chi connectivity index (χ4v) is 3.67. The number of carbonyl (C=O) groups is 1. The Labute approximate surface area is 144 Å². The second-order valence-electron chi connectivity index (χ2n) is 6.94. The van der Waals surface area contributed by atoms with Gasteiger partial charge in [0.1, 0.15) is 5.60 Å². The number of hydrogen-bond donors (Lipinski definition) is 0. The van der Waals surface area contributed by atoms with Crippen LogP contribution in [0.3, 0.4) is 0 Å². The van der Waals surface area contributed by atoms with Crippen LogP contribution in [-0.2, 0) is 16.1 Å². The van der Waals surface area contributed by atoms with Crippen molar-refractivity contribution < 1.29 is 14.3 Å². The largest absolute Gasteiger partial charge is 0.444 e. The highest BCUT2D eigenvalue weighted by molar-refractivity contribution is 9.10. The molecule has 1 aliphatic heterocycles. The fraction of sp³-hybridized carbons (Fsp3) is 0.688. The van der Waals surface area contributed by atoms with Gasteiger partial charge in [-0.1, -0.05) is 0 Å². The Hall–Kier alpha value is -0.590. The molecule has 0 aromatic carbocycles. The molecule has 22 heavy (non-hydrogen) atoms. The molecule has 0 N–H and O–H groups in total. The summed E-state index contributed by atoms with van der Waals surface area (Å²) in [6.45, 7) is 9.78. The molecular formula is C16H24BrNO3S. The number of carbonyl (C=O) groups excluding carboxylic acids is 1. The third kappa shape index (κ3) is 5.25. The number of nitrogens with zero attached hydrogens (tertiary/aromatic N) is 1. The van der Waals surface area contributed by atoms with E-state index in [1.807, 2.05) is 20.8 Å². The van der Waals surface area contributed by atoms with Gasteiger partial charge in [0.15, 0.2) is 0 Å². The Bertz CT molecular complexity index is 516. The molecule has 0 bridgehead atoms. The molecule has 0 atom stereocenters. The van der Waals surface area contributed by atoms with Gasteiger partial charge in [0.25, 0.3) is 0 Å². The average Bonchev–Trinajstić information content (AvgIpc) is 2.81. The van der Waals surface area contributed by atoms with Crippen LogP contribution in [0, 0.1) is 0 Å². The number of hydrogen-bond acceptors (Lipinski definition) is 4. The predicted octanol–water partition coefficient (Wildman–Crippen LogP) is 4.82. The lowest BCUT2D eigenvalue weighted by atomic mass is 9.93. The van der Waals surface area contributed by atoms with Gasteiger partial charge >= 0.3 is 6.09 Å². The van der Waals surface area contributed by atoms with Crippen LogP contribution in [0.25, 0.3) is 0 Å². The van der Waals surface area contributed by atoms with Crippen molar-refractivity contribution in [3.63, 3.8) is 0 Å². The minimum atomic E-state index is -0.444. The Kier molecular flexibility index (Phi) is 5.56. The van der Waals surface area contributed by atoms with E-state index in [0.29, 0.717) is 19.7 Å². The molecule has 124 valence electrons. The zero-order chi connectivity index (χ0) is 16.4. The first-order chi connectivity index (χ1) is 10.2. The fourth-order valence-electron chi connectivity index (χ4n) is 2.31. The molecule has 0 spiro atoms. The van der Waals surface area contributed by atoms with Gasteiger partial charge in [0.05, 0.1) is 12.2 Å². The highest BCUT2D eigenvalue weighted by Gasteiger charge is 2.34. The molecule has 6 heteroatoms. The third-order valence-corrected chi connectivity index (χ3v) is 5.33. The molecule has 2 heterocycles. The standard InChI is InChI=1S/C16H24BrNO3S/c1-15(2,3)21-14(19)18-7-5-16(4,6-8-18)20-10-13-9-12(17)11-22-13/h9,11H,5-8,10H2,1-4H3. The van der Waals surface area contributed by atoms with Crippen molar-refractivity contribution in [2.45, 2.75) is 58.3 Å². The van der Waals surface area contributed by atoms with E-state index >= 15 is 0 Å². The number of thiophene rings is 1. The SMILES string of the molecule is CC(C)(C)OC(=O)N1CCC(C)(OCc2cc(Br)cs2)CC1. The Morgan fingerprint density at radius 2 is 2.05 bits per heavy atom. The zero-order valence-electron chi connectivity index (χ0n) is 13.6. The predicted molar refractivity (Wildman–Crippen MR) is 92.3 cm³/mol. The summed E-state index contributed by atoms with van der Waals surface area (Å²) < 4.78 is 12.6. The van der Waals surface area contributed by atoms with Crippen LogP contribution in [0.5, 0.6) is 0 Å². The van der Waals surface area contributed by atoms with Crippen LogP contribution in [0.4, 0.5) is 4.79 Å². The van der Waals surface area contributed by atoms with Crippen LogP contribution in [0.2, 0.25) is 0 Å². The van der Waals surface area contributed by atoms with E-state index in [-0.39, 0.29) is 11.7 Å². The van der Waals surface area contributed by atoms with E-state index in [1.54, 1.807) is 16.2 Å². The maximum Gasteiger partial charge on any atom is 0.410 e. The number of halogens is 1. The summed E-state index contributed by atoms with van der Waals surface area (Å²) in [6, 6.07) is 2.09. The van der Waals surface area contributed by atoms with Crippen molar-refractivity contribution in [1.82, 2.24) is 4.90 Å². The highest BCUT2D eigenvalue weighted by atomic mass is 79.9. The van der Waals surface area contributed by atoms with Crippen molar-refractivity contribution >= 4 is 33.4 Å². The van der Waals surface area contributed by atoms with Crippen molar-refractivity contribution in [3.05, 3.63) is 20.8 Å². The Morgan fingerprint density at radius 3 is 2.55 bits per heavy atom. The Morgan fingerprint density at radius 1 is 1.41 bits per heavy atom. The zero-order valence-corrected chi connectivity index (χ0v) is 16.1. The number of piperidine rings is 1. The first-order valence-corrected chi connectivity index (χ1v) is 9.19. The normalized spacial score (nSPS) is 18.3. The van der Waals surface area contributed by atoms with Crippen LogP contribution < -0.4 is 0 Å². The third-order valence-electron chi connectivity index (χ3n) is 3.66. The lowest BCUT2D eigenvalue weighted by molar-refractivity contribution is -0.0803. The lowest BCUT2D eigenvalue weighted by Gasteiger charge is -2.39. The van der Waals surface area contributed by atoms with Gasteiger partial charge in [-0.3, -0.25) is 0 Å². The second kappa shape index (κ2) is 6.89. The molecule has 1 aliphatic rings. The van der Waals surface area contributed by atoms with Crippen LogP contribution in [0.1, 0.15) is 45.4 Å². The molecule has 1 amide bonds. The maximum absolute atomic E-state index is 12.1. The first-order valence-electron chi connectivity index (χ1n) is 7.52. The van der Waals surface area contributed by atoms with E-state index in [4.69, 9.17) is 9.47 Å². The van der Waals surface area contributed by atoms with Crippen molar-refractivity contribution in [2.24, 2.45) is 0 Å². The van der Waals surface area contributed by atoms with E-state index < -0.39 is 5.60 Å². The van der Waals surface area contributed by atoms with Crippen LogP contribution >= 0.6 is 27.3 Å². The molecule has 0 aliphatic carbocycles. The molecule has 1 aromatic heterocycles. The second-order valence-corrected chi connectivity index (χ2v) is 8.85. The number of ether oxygens (including phenoxy) is 2. The average molecular weight is 390 g/mol. The van der Waals surface area contributed by atoms with E-state index in [0.717, 1.165) is 17.3 Å². The molecule has 2 rings (SSSR count). The van der Waals surface area contributed by atoms with Crippen LogP contribution in [0.15, 0.2) is 15.9 Å².